The van der Waals surface area contributed by atoms with Gasteiger partial charge in [-0.05, 0) is 31.0 Å². The van der Waals surface area contributed by atoms with Gasteiger partial charge in [0.2, 0.25) is 0 Å². The van der Waals surface area contributed by atoms with Crippen molar-refractivity contribution in [2.24, 2.45) is 0 Å². The number of halogens is 1. The third-order valence-electron chi connectivity index (χ3n) is 3.91. The minimum atomic E-state index is -0.512. The summed E-state index contributed by atoms with van der Waals surface area (Å²) < 4.78 is 5.73. The lowest BCUT2D eigenvalue weighted by Gasteiger charge is -2.20. The zero-order valence-corrected chi connectivity index (χ0v) is 13.4. The zero-order chi connectivity index (χ0) is 17.1. The number of nitriles is 1. The van der Waals surface area contributed by atoms with Gasteiger partial charge in [-0.1, -0.05) is 17.7 Å². The molecule has 0 aliphatic carbocycles. The van der Waals surface area contributed by atoms with Gasteiger partial charge in [0.15, 0.2) is 0 Å². The molecule has 0 bridgehead atoms. The van der Waals surface area contributed by atoms with Crippen LogP contribution < -0.4 is 10.1 Å². The normalized spacial score (nSPS) is 16.2. The molecule has 1 unspecified atom stereocenters. The summed E-state index contributed by atoms with van der Waals surface area (Å²) in [5.41, 5.74) is 1.66. The average molecular weight is 344 g/mol. The molecule has 7 heteroatoms. The van der Waals surface area contributed by atoms with E-state index in [-0.39, 0.29) is 17.3 Å². The first-order chi connectivity index (χ1) is 11.6. The summed E-state index contributed by atoms with van der Waals surface area (Å²) >= 11 is 6.03. The van der Waals surface area contributed by atoms with Gasteiger partial charge >= 0.3 is 0 Å². The number of rotatable bonds is 3. The molecule has 0 aromatic heterocycles. The standard InChI is InChI=1S/C17H14ClN3O3/c18-12-3-5-14-16(2-1-7-24-17(14)9-12)20-15-6-4-13(21(22)23)8-11(15)10-19/h3-6,8-9,16,20H,1-2,7H2. The summed E-state index contributed by atoms with van der Waals surface area (Å²) in [4.78, 5) is 10.3. The van der Waals surface area contributed by atoms with E-state index in [0.717, 1.165) is 24.2 Å². The van der Waals surface area contributed by atoms with Crippen molar-refractivity contribution in [1.29, 1.82) is 5.26 Å². The van der Waals surface area contributed by atoms with Crippen LogP contribution in [-0.2, 0) is 0 Å². The van der Waals surface area contributed by atoms with Crippen LogP contribution >= 0.6 is 11.6 Å². The topological polar surface area (TPSA) is 88.2 Å². The Labute approximate surface area is 143 Å². The number of ether oxygens (including phenoxy) is 1. The molecule has 2 aromatic carbocycles. The first kappa shape index (κ1) is 16.1. The van der Waals surface area contributed by atoms with Crippen molar-refractivity contribution in [2.75, 3.05) is 11.9 Å². The highest BCUT2D eigenvalue weighted by Crippen LogP contribution is 2.36. The van der Waals surface area contributed by atoms with Gasteiger partial charge in [-0.2, -0.15) is 5.26 Å². The van der Waals surface area contributed by atoms with E-state index in [9.17, 15) is 15.4 Å². The second-order valence-electron chi connectivity index (χ2n) is 5.47. The number of benzene rings is 2. The lowest BCUT2D eigenvalue weighted by molar-refractivity contribution is -0.384. The maximum Gasteiger partial charge on any atom is 0.270 e. The monoisotopic (exact) mass is 343 g/mol. The van der Waals surface area contributed by atoms with Crippen LogP contribution in [0.1, 0.15) is 30.0 Å². The highest BCUT2D eigenvalue weighted by atomic mass is 35.5. The number of nitro groups is 1. The maximum absolute atomic E-state index is 10.9. The molecule has 0 amide bonds. The molecular weight excluding hydrogens is 330 g/mol. The molecule has 3 rings (SSSR count). The van der Waals surface area contributed by atoms with E-state index < -0.39 is 4.92 Å². The third kappa shape index (κ3) is 3.26. The molecule has 0 radical (unpaired) electrons. The molecule has 122 valence electrons. The van der Waals surface area contributed by atoms with Gasteiger partial charge < -0.3 is 10.1 Å². The predicted molar refractivity (Wildman–Crippen MR) is 90.4 cm³/mol. The SMILES string of the molecule is N#Cc1cc([N+](=O)[O-])ccc1NC1CCCOc2cc(Cl)ccc21. The maximum atomic E-state index is 10.9. The van der Waals surface area contributed by atoms with E-state index in [1.54, 1.807) is 18.2 Å². The summed E-state index contributed by atoms with van der Waals surface area (Å²) in [5, 5.41) is 24.1. The number of hydrogen-bond acceptors (Lipinski definition) is 5. The molecule has 24 heavy (non-hydrogen) atoms. The summed E-state index contributed by atoms with van der Waals surface area (Å²) in [6.45, 7) is 0.594. The van der Waals surface area contributed by atoms with Gasteiger partial charge in [-0.15, -0.1) is 0 Å². The molecule has 2 aromatic rings. The molecule has 1 aliphatic heterocycles. The van der Waals surface area contributed by atoms with E-state index in [2.05, 4.69) is 5.32 Å². The molecule has 0 saturated heterocycles. The first-order valence-electron chi connectivity index (χ1n) is 7.46. The van der Waals surface area contributed by atoms with Crippen molar-refractivity contribution >= 4 is 23.0 Å². The van der Waals surface area contributed by atoms with Crippen LogP contribution in [0.5, 0.6) is 5.75 Å². The zero-order valence-electron chi connectivity index (χ0n) is 12.7. The second-order valence-corrected chi connectivity index (χ2v) is 5.90. The number of non-ortho nitro benzene ring substituents is 1. The fourth-order valence-corrected chi connectivity index (χ4v) is 2.91. The van der Waals surface area contributed by atoms with Gasteiger partial charge in [-0.25, -0.2) is 0 Å². The minimum absolute atomic E-state index is 0.0617. The fourth-order valence-electron chi connectivity index (χ4n) is 2.75. The van der Waals surface area contributed by atoms with Crippen LogP contribution in [0.3, 0.4) is 0 Å². The van der Waals surface area contributed by atoms with Crippen LogP contribution in [0.2, 0.25) is 5.02 Å². The Bertz CT molecular complexity index is 832. The molecule has 0 spiro atoms. The average Bonchev–Trinajstić information content (AvgIpc) is 2.77. The molecule has 1 heterocycles. The number of fused-ring (bicyclic) bond motifs is 1. The van der Waals surface area contributed by atoms with Crippen molar-refractivity contribution in [3.63, 3.8) is 0 Å². The number of hydrogen-bond donors (Lipinski definition) is 1. The van der Waals surface area contributed by atoms with Crippen LogP contribution in [0.15, 0.2) is 36.4 Å². The lowest BCUT2D eigenvalue weighted by atomic mass is 10.0. The van der Waals surface area contributed by atoms with Crippen molar-refractivity contribution in [1.82, 2.24) is 0 Å². The third-order valence-corrected chi connectivity index (χ3v) is 4.14. The molecule has 1 N–H and O–H groups in total. The molecule has 1 aliphatic rings. The Hall–Kier alpha value is -2.78. The first-order valence-corrected chi connectivity index (χ1v) is 7.83. The minimum Gasteiger partial charge on any atom is -0.493 e. The van der Waals surface area contributed by atoms with E-state index in [1.165, 1.54) is 12.1 Å². The lowest BCUT2D eigenvalue weighted by Crippen LogP contribution is -2.11. The van der Waals surface area contributed by atoms with E-state index in [1.807, 2.05) is 12.1 Å². The summed E-state index contributed by atoms with van der Waals surface area (Å²) in [7, 11) is 0. The molecule has 6 nitrogen and oxygen atoms in total. The van der Waals surface area contributed by atoms with Gasteiger partial charge in [0.05, 0.1) is 28.8 Å². The van der Waals surface area contributed by atoms with E-state index in [4.69, 9.17) is 16.3 Å². The molecule has 0 fully saturated rings. The van der Waals surface area contributed by atoms with Gasteiger partial charge in [0.1, 0.15) is 11.8 Å². The van der Waals surface area contributed by atoms with Gasteiger partial charge in [-0.3, -0.25) is 10.1 Å². The van der Waals surface area contributed by atoms with Gasteiger partial charge in [0, 0.05) is 22.7 Å². The second kappa shape index (κ2) is 6.77. The molecular formula is C17H14ClN3O3. The number of nitrogens with zero attached hydrogens (tertiary/aromatic N) is 2. The van der Waals surface area contributed by atoms with Crippen molar-refractivity contribution in [2.45, 2.75) is 18.9 Å². The van der Waals surface area contributed by atoms with Crippen molar-refractivity contribution < 1.29 is 9.66 Å². The van der Waals surface area contributed by atoms with Crippen molar-refractivity contribution in [3.05, 3.63) is 62.7 Å². The van der Waals surface area contributed by atoms with Crippen LogP contribution in [0.4, 0.5) is 11.4 Å². The quantitative estimate of drug-likeness (QED) is 0.657. The molecule has 0 saturated carbocycles. The van der Waals surface area contributed by atoms with Crippen LogP contribution in [0, 0.1) is 21.4 Å². The molecule has 1 atom stereocenters. The van der Waals surface area contributed by atoms with Crippen LogP contribution in [-0.4, -0.2) is 11.5 Å². The van der Waals surface area contributed by atoms with Crippen LogP contribution in [0.25, 0.3) is 0 Å². The van der Waals surface area contributed by atoms with E-state index in [0.29, 0.717) is 17.3 Å². The number of nitro benzene ring substituents is 1. The summed E-state index contributed by atoms with van der Waals surface area (Å²) in [6.07, 6.45) is 1.66. The Morgan fingerprint density at radius 3 is 2.92 bits per heavy atom. The van der Waals surface area contributed by atoms with Crippen molar-refractivity contribution in [3.8, 4) is 11.8 Å². The Morgan fingerprint density at radius 2 is 2.17 bits per heavy atom. The Morgan fingerprint density at radius 1 is 1.33 bits per heavy atom. The largest absolute Gasteiger partial charge is 0.493 e. The van der Waals surface area contributed by atoms with E-state index >= 15 is 0 Å². The number of nitrogens with one attached hydrogen (secondary N) is 1. The Balaban J connectivity index is 1.94. The highest BCUT2D eigenvalue weighted by molar-refractivity contribution is 6.30. The number of anilines is 1. The highest BCUT2D eigenvalue weighted by Gasteiger charge is 2.21. The Kier molecular flexibility index (Phi) is 4.54. The predicted octanol–water partition coefficient (Wildman–Crippen LogP) is 4.45. The fraction of sp³-hybridized carbons (Fsp3) is 0.235. The van der Waals surface area contributed by atoms with Gasteiger partial charge in [0.25, 0.3) is 5.69 Å². The summed E-state index contributed by atoms with van der Waals surface area (Å²) in [6, 6.07) is 11.7. The summed E-state index contributed by atoms with van der Waals surface area (Å²) in [5.74, 6) is 0.720. The smallest absolute Gasteiger partial charge is 0.270 e.